The van der Waals surface area contributed by atoms with E-state index in [1.165, 1.54) is 4.88 Å². The molecule has 1 aromatic carbocycles. The van der Waals surface area contributed by atoms with Gasteiger partial charge in [-0.25, -0.2) is 9.78 Å². The van der Waals surface area contributed by atoms with Gasteiger partial charge in [0.05, 0.1) is 12.6 Å². The molecular formula is C17H23N3O2S. The molecule has 0 aliphatic carbocycles. The maximum atomic E-state index is 11.9. The second-order valence-electron chi connectivity index (χ2n) is 5.36. The van der Waals surface area contributed by atoms with Crippen molar-refractivity contribution in [2.45, 2.75) is 39.3 Å². The zero-order chi connectivity index (χ0) is 16.7. The van der Waals surface area contributed by atoms with E-state index in [2.05, 4.69) is 22.5 Å². The molecule has 1 atom stereocenters. The molecule has 124 valence electrons. The van der Waals surface area contributed by atoms with E-state index in [-0.39, 0.29) is 18.7 Å². The molecule has 0 saturated carbocycles. The highest BCUT2D eigenvalue weighted by molar-refractivity contribution is 7.11. The predicted molar refractivity (Wildman–Crippen MR) is 92.5 cm³/mol. The zero-order valence-electron chi connectivity index (χ0n) is 13.5. The van der Waals surface area contributed by atoms with Crippen molar-refractivity contribution in [3.8, 4) is 0 Å². The van der Waals surface area contributed by atoms with Crippen LogP contribution in [0.25, 0.3) is 0 Å². The zero-order valence-corrected chi connectivity index (χ0v) is 14.3. The summed E-state index contributed by atoms with van der Waals surface area (Å²) in [5.74, 6) is 0. The van der Waals surface area contributed by atoms with Crippen molar-refractivity contribution >= 4 is 17.4 Å². The SMILES string of the molecule is CCc1cnc(C(C)NC(=O)NCCc2ccc(CO)cc2)s1. The van der Waals surface area contributed by atoms with Gasteiger partial charge in [0.15, 0.2) is 0 Å². The largest absolute Gasteiger partial charge is 0.392 e. The molecule has 2 amide bonds. The summed E-state index contributed by atoms with van der Waals surface area (Å²) in [6.07, 6.45) is 3.59. The normalized spacial score (nSPS) is 12.0. The average molecular weight is 333 g/mol. The summed E-state index contributed by atoms with van der Waals surface area (Å²) in [7, 11) is 0. The second kappa shape index (κ2) is 8.64. The summed E-state index contributed by atoms with van der Waals surface area (Å²) in [4.78, 5) is 17.5. The molecule has 1 aromatic heterocycles. The Balaban J connectivity index is 1.73. The molecule has 1 unspecified atom stereocenters. The Morgan fingerprint density at radius 2 is 2.00 bits per heavy atom. The lowest BCUT2D eigenvalue weighted by Crippen LogP contribution is -2.38. The van der Waals surface area contributed by atoms with Crippen molar-refractivity contribution < 1.29 is 9.90 Å². The van der Waals surface area contributed by atoms with Gasteiger partial charge in [0.2, 0.25) is 0 Å². The highest BCUT2D eigenvalue weighted by atomic mass is 32.1. The van der Waals surface area contributed by atoms with Crippen LogP contribution in [-0.4, -0.2) is 22.7 Å². The number of amides is 2. The lowest BCUT2D eigenvalue weighted by Gasteiger charge is -2.12. The van der Waals surface area contributed by atoms with Gasteiger partial charge in [0.25, 0.3) is 0 Å². The van der Waals surface area contributed by atoms with E-state index in [4.69, 9.17) is 5.11 Å². The number of hydrogen-bond donors (Lipinski definition) is 3. The molecule has 0 aliphatic rings. The van der Waals surface area contributed by atoms with Crippen LogP contribution in [0.2, 0.25) is 0 Å². The molecule has 2 rings (SSSR count). The van der Waals surface area contributed by atoms with Gasteiger partial charge in [-0.2, -0.15) is 0 Å². The van der Waals surface area contributed by atoms with Gasteiger partial charge in [-0.15, -0.1) is 11.3 Å². The number of carbonyl (C=O) groups excluding carboxylic acids is 1. The van der Waals surface area contributed by atoms with Gasteiger partial charge in [0.1, 0.15) is 5.01 Å². The van der Waals surface area contributed by atoms with Crippen molar-refractivity contribution in [2.75, 3.05) is 6.54 Å². The van der Waals surface area contributed by atoms with Gasteiger partial charge in [-0.3, -0.25) is 0 Å². The highest BCUT2D eigenvalue weighted by Gasteiger charge is 2.12. The maximum absolute atomic E-state index is 11.9. The van der Waals surface area contributed by atoms with E-state index in [0.29, 0.717) is 6.54 Å². The fraction of sp³-hybridized carbons (Fsp3) is 0.412. The van der Waals surface area contributed by atoms with Gasteiger partial charge < -0.3 is 15.7 Å². The van der Waals surface area contributed by atoms with Crippen LogP contribution < -0.4 is 10.6 Å². The monoisotopic (exact) mass is 333 g/mol. The van der Waals surface area contributed by atoms with E-state index in [0.717, 1.165) is 29.0 Å². The fourth-order valence-corrected chi connectivity index (χ4v) is 2.99. The highest BCUT2D eigenvalue weighted by Crippen LogP contribution is 2.19. The Bertz CT molecular complexity index is 625. The molecule has 0 radical (unpaired) electrons. The lowest BCUT2D eigenvalue weighted by atomic mass is 10.1. The number of nitrogens with one attached hydrogen (secondary N) is 2. The minimum Gasteiger partial charge on any atom is -0.392 e. The van der Waals surface area contributed by atoms with Gasteiger partial charge in [0, 0.05) is 17.6 Å². The summed E-state index contributed by atoms with van der Waals surface area (Å²) in [5, 5.41) is 15.7. The topological polar surface area (TPSA) is 74.2 Å². The molecular weight excluding hydrogens is 310 g/mol. The summed E-state index contributed by atoms with van der Waals surface area (Å²) in [5.41, 5.74) is 2.02. The van der Waals surface area contributed by atoms with Crippen molar-refractivity contribution in [1.82, 2.24) is 15.6 Å². The van der Waals surface area contributed by atoms with Crippen LogP contribution in [0.3, 0.4) is 0 Å². The number of carbonyl (C=O) groups is 1. The first-order valence-electron chi connectivity index (χ1n) is 7.80. The van der Waals surface area contributed by atoms with Crippen LogP contribution in [-0.2, 0) is 19.4 Å². The number of rotatable bonds is 7. The van der Waals surface area contributed by atoms with Gasteiger partial charge >= 0.3 is 6.03 Å². The average Bonchev–Trinajstić information content (AvgIpc) is 3.04. The number of nitrogens with zero attached hydrogens (tertiary/aromatic N) is 1. The number of urea groups is 1. The Morgan fingerprint density at radius 1 is 1.30 bits per heavy atom. The van der Waals surface area contributed by atoms with E-state index >= 15 is 0 Å². The smallest absolute Gasteiger partial charge is 0.315 e. The summed E-state index contributed by atoms with van der Waals surface area (Å²) < 4.78 is 0. The number of benzene rings is 1. The predicted octanol–water partition coefficient (Wildman–Crippen LogP) is 2.80. The number of aliphatic hydroxyl groups excluding tert-OH is 1. The van der Waals surface area contributed by atoms with E-state index in [1.807, 2.05) is 37.4 Å². The number of thiazole rings is 1. The first kappa shape index (κ1) is 17.4. The van der Waals surface area contributed by atoms with Crippen molar-refractivity contribution in [2.24, 2.45) is 0 Å². The minimum absolute atomic E-state index is 0.0509. The van der Waals surface area contributed by atoms with Crippen LogP contribution in [0.1, 0.15) is 40.9 Å². The van der Waals surface area contributed by atoms with Crippen molar-refractivity contribution in [3.05, 3.63) is 51.5 Å². The third kappa shape index (κ3) is 5.33. The molecule has 0 spiro atoms. The lowest BCUT2D eigenvalue weighted by molar-refractivity contribution is 0.238. The Morgan fingerprint density at radius 3 is 2.61 bits per heavy atom. The molecule has 1 heterocycles. The van der Waals surface area contributed by atoms with Crippen LogP contribution in [0.5, 0.6) is 0 Å². The molecule has 0 bridgehead atoms. The minimum atomic E-state index is -0.183. The third-order valence-electron chi connectivity index (χ3n) is 3.54. The third-order valence-corrected chi connectivity index (χ3v) is 4.87. The van der Waals surface area contributed by atoms with Crippen LogP contribution in [0.4, 0.5) is 4.79 Å². The standard InChI is InChI=1S/C17H23N3O2S/c1-3-15-10-19-16(23-15)12(2)20-17(22)18-9-8-13-4-6-14(11-21)7-5-13/h4-7,10,12,21H,3,8-9,11H2,1-2H3,(H2,18,20,22). The first-order valence-corrected chi connectivity index (χ1v) is 8.61. The van der Waals surface area contributed by atoms with Crippen LogP contribution >= 0.6 is 11.3 Å². The number of aliphatic hydroxyl groups is 1. The Kier molecular flexibility index (Phi) is 6.55. The Hall–Kier alpha value is -1.92. The molecule has 0 aliphatic heterocycles. The van der Waals surface area contributed by atoms with Crippen molar-refractivity contribution in [3.63, 3.8) is 0 Å². The van der Waals surface area contributed by atoms with Crippen LogP contribution in [0.15, 0.2) is 30.5 Å². The number of aromatic nitrogens is 1. The quantitative estimate of drug-likeness (QED) is 0.729. The first-order chi connectivity index (χ1) is 11.1. The molecule has 0 fully saturated rings. The molecule has 3 N–H and O–H groups in total. The molecule has 0 saturated heterocycles. The summed E-state index contributed by atoms with van der Waals surface area (Å²) in [6.45, 7) is 4.64. The van der Waals surface area contributed by atoms with E-state index < -0.39 is 0 Å². The summed E-state index contributed by atoms with van der Waals surface area (Å²) in [6, 6.07) is 7.45. The summed E-state index contributed by atoms with van der Waals surface area (Å²) >= 11 is 1.63. The molecule has 23 heavy (non-hydrogen) atoms. The van der Waals surface area contributed by atoms with E-state index in [9.17, 15) is 4.79 Å². The Labute approximate surface area is 140 Å². The maximum Gasteiger partial charge on any atom is 0.315 e. The van der Waals surface area contributed by atoms with Crippen molar-refractivity contribution in [1.29, 1.82) is 0 Å². The second-order valence-corrected chi connectivity index (χ2v) is 6.51. The van der Waals surface area contributed by atoms with Crippen LogP contribution in [0, 0.1) is 0 Å². The molecule has 6 heteroatoms. The fourth-order valence-electron chi connectivity index (χ4n) is 2.13. The number of aryl methyl sites for hydroxylation is 1. The van der Waals surface area contributed by atoms with Gasteiger partial charge in [-0.1, -0.05) is 31.2 Å². The number of hydrogen-bond acceptors (Lipinski definition) is 4. The molecule has 5 nitrogen and oxygen atoms in total. The van der Waals surface area contributed by atoms with E-state index in [1.54, 1.807) is 11.3 Å². The molecule has 2 aromatic rings. The van der Waals surface area contributed by atoms with Gasteiger partial charge in [-0.05, 0) is 30.9 Å².